The van der Waals surface area contributed by atoms with Crippen molar-refractivity contribution in [3.8, 4) is 11.4 Å². The molecule has 98 valence electrons. The molecule has 0 amide bonds. The quantitative estimate of drug-likeness (QED) is 0.878. The predicted molar refractivity (Wildman–Crippen MR) is 71.8 cm³/mol. The van der Waals surface area contributed by atoms with Gasteiger partial charge in [0.2, 0.25) is 0 Å². The molecule has 0 fully saturated rings. The van der Waals surface area contributed by atoms with Crippen LogP contribution in [0.15, 0.2) is 35.4 Å². The molecule has 1 atom stereocenters. The van der Waals surface area contributed by atoms with Crippen LogP contribution in [0, 0.1) is 0 Å². The molecule has 0 aliphatic heterocycles. The van der Waals surface area contributed by atoms with E-state index in [-0.39, 0.29) is 11.5 Å². The Morgan fingerprint density at radius 3 is 2.74 bits per heavy atom. The van der Waals surface area contributed by atoms with E-state index in [4.69, 9.17) is 16.7 Å². The van der Waals surface area contributed by atoms with Crippen molar-refractivity contribution in [3.63, 3.8) is 0 Å². The van der Waals surface area contributed by atoms with E-state index in [9.17, 15) is 9.35 Å². The van der Waals surface area contributed by atoms with E-state index in [0.29, 0.717) is 15.5 Å². The first-order valence-corrected chi connectivity index (χ1v) is 7.12. The highest BCUT2D eigenvalue weighted by atomic mass is 35.5. The number of hydrogen-bond donors (Lipinski definition) is 1. The van der Waals surface area contributed by atoms with Crippen LogP contribution in [-0.2, 0) is 11.2 Å². The summed E-state index contributed by atoms with van der Waals surface area (Å²) in [6.07, 6.45) is 2.90. The molecular weight excluding hydrogens is 288 g/mol. The maximum atomic E-state index is 11.4. The fourth-order valence-electron chi connectivity index (χ4n) is 1.49. The van der Waals surface area contributed by atoms with Gasteiger partial charge in [0.25, 0.3) is 0 Å². The predicted octanol–water partition coefficient (Wildman–Crippen LogP) is 2.23. The van der Waals surface area contributed by atoms with Crippen LogP contribution < -0.4 is 0 Å². The number of benzene rings is 1. The number of nitrogens with zero attached hydrogens (tertiary/aromatic N) is 2. The summed E-state index contributed by atoms with van der Waals surface area (Å²) in [5.74, 6) is -0.865. The summed E-state index contributed by atoms with van der Waals surface area (Å²) in [4.78, 5) is 19.3. The molecule has 19 heavy (non-hydrogen) atoms. The lowest BCUT2D eigenvalue weighted by atomic mass is 10.2. The highest BCUT2D eigenvalue weighted by Gasteiger charge is 2.13. The van der Waals surface area contributed by atoms with Gasteiger partial charge in [0.1, 0.15) is 6.26 Å². The average molecular weight is 297 g/mol. The molecule has 2 aromatic rings. The molecule has 1 aromatic carbocycles. The van der Waals surface area contributed by atoms with Gasteiger partial charge in [-0.1, -0.05) is 11.6 Å². The number of halogens is 1. The van der Waals surface area contributed by atoms with E-state index in [1.165, 1.54) is 18.5 Å². The highest BCUT2D eigenvalue weighted by molar-refractivity contribution is 7.90. The Bertz CT molecular complexity index is 634. The van der Waals surface area contributed by atoms with Crippen LogP contribution in [-0.4, -0.2) is 31.9 Å². The summed E-state index contributed by atoms with van der Waals surface area (Å²) in [5, 5.41) is 9.21. The normalized spacial score (nSPS) is 12.2. The maximum absolute atomic E-state index is 11.4. The molecule has 1 unspecified atom stereocenters. The van der Waals surface area contributed by atoms with Crippen LogP contribution in [0.4, 0.5) is 0 Å². The number of aromatic nitrogens is 2. The Hall–Kier alpha value is -1.63. The van der Waals surface area contributed by atoms with Gasteiger partial charge in [-0.3, -0.25) is 0 Å². The summed E-state index contributed by atoms with van der Waals surface area (Å²) < 4.78 is 11.4. The minimum absolute atomic E-state index is 0.0933. The van der Waals surface area contributed by atoms with Crippen LogP contribution in [0.1, 0.15) is 10.5 Å². The Kier molecular flexibility index (Phi) is 4.04. The molecule has 5 nitrogen and oxygen atoms in total. The monoisotopic (exact) mass is 296 g/mol. The third-order valence-corrected chi connectivity index (χ3v) is 3.77. The van der Waals surface area contributed by atoms with Gasteiger partial charge in [-0.2, -0.15) is 0 Å². The van der Waals surface area contributed by atoms with Gasteiger partial charge in [-0.15, -0.1) is 0 Å². The molecule has 0 aliphatic rings. The van der Waals surface area contributed by atoms with Crippen LogP contribution in [0.25, 0.3) is 11.4 Å². The first-order valence-electron chi connectivity index (χ1n) is 5.18. The number of rotatable bonds is 3. The lowest BCUT2D eigenvalue weighted by Crippen LogP contribution is -2.03. The van der Waals surface area contributed by atoms with Gasteiger partial charge in [0.05, 0.1) is 5.02 Å². The zero-order valence-corrected chi connectivity index (χ0v) is 11.4. The van der Waals surface area contributed by atoms with Crippen LogP contribution >= 0.6 is 11.6 Å². The summed E-state index contributed by atoms with van der Waals surface area (Å²) >= 11 is 4.83. The van der Waals surface area contributed by atoms with Crippen LogP contribution in [0.5, 0.6) is 0 Å². The van der Waals surface area contributed by atoms with Crippen molar-refractivity contribution in [2.24, 2.45) is 0 Å². The second-order valence-corrected chi connectivity index (χ2v) is 5.43. The number of carbonyl (C=O) groups is 1. The first kappa shape index (κ1) is 13.8. The van der Waals surface area contributed by atoms with Gasteiger partial charge < -0.3 is 9.66 Å². The minimum atomic E-state index is -1.18. The zero-order chi connectivity index (χ0) is 14.0. The van der Waals surface area contributed by atoms with Crippen molar-refractivity contribution in [2.45, 2.75) is 4.90 Å². The Balaban J connectivity index is 2.45. The van der Waals surface area contributed by atoms with Crippen molar-refractivity contribution >= 4 is 28.7 Å². The van der Waals surface area contributed by atoms with Crippen molar-refractivity contribution in [1.82, 2.24) is 9.97 Å². The molecule has 0 saturated carbocycles. The van der Waals surface area contributed by atoms with Crippen LogP contribution in [0.2, 0.25) is 5.02 Å². The third kappa shape index (κ3) is 3.04. The SMILES string of the molecule is C[S+]([O-])c1ccc(-c2nccc(C(=O)O)n2)cc1Cl. The fourth-order valence-corrected chi connectivity index (χ4v) is 2.59. The number of hydrogen-bond acceptors (Lipinski definition) is 4. The largest absolute Gasteiger partial charge is 0.612 e. The molecule has 0 radical (unpaired) electrons. The summed E-state index contributed by atoms with van der Waals surface area (Å²) in [6, 6.07) is 6.15. The van der Waals surface area contributed by atoms with Crippen molar-refractivity contribution in [3.05, 3.63) is 41.2 Å². The minimum Gasteiger partial charge on any atom is -0.612 e. The molecule has 0 saturated heterocycles. The molecule has 1 N–H and O–H groups in total. The summed E-state index contributed by atoms with van der Waals surface area (Å²) in [7, 11) is 0. The smallest absolute Gasteiger partial charge is 0.354 e. The second kappa shape index (κ2) is 5.56. The van der Waals surface area contributed by atoms with E-state index in [2.05, 4.69) is 9.97 Å². The van der Waals surface area contributed by atoms with Gasteiger partial charge in [0, 0.05) is 11.8 Å². The Morgan fingerprint density at radius 1 is 1.42 bits per heavy atom. The van der Waals surface area contributed by atoms with Crippen molar-refractivity contribution < 1.29 is 14.5 Å². The average Bonchev–Trinajstić information content (AvgIpc) is 2.38. The molecule has 2 rings (SSSR count). The molecule has 0 bridgehead atoms. The molecular formula is C12H9ClN2O3S. The van der Waals surface area contributed by atoms with Crippen molar-refractivity contribution in [1.29, 1.82) is 0 Å². The van der Waals surface area contributed by atoms with E-state index < -0.39 is 17.1 Å². The zero-order valence-electron chi connectivity index (χ0n) is 9.83. The second-order valence-electron chi connectivity index (χ2n) is 3.67. The van der Waals surface area contributed by atoms with Crippen LogP contribution in [0.3, 0.4) is 0 Å². The Morgan fingerprint density at radius 2 is 2.16 bits per heavy atom. The number of carboxylic acids is 1. The van der Waals surface area contributed by atoms with E-state index in [0.717, 1.165) is 0 Å². The van der Waals surface area contributed by atoms with Crippen molar-refractivity contribution in [2.75, 3.05) is 6.26 Å². The maximum Gasteiger partial charge on any atom is 0.354 e. The lowest BCUT2D eigenvalue weighted by Gasteiger charge is -2.07. The van der Waals surface area contributed by atoms with Gasteiger partial charge in [-0.05, 0) is 35.4 Å². The fraction of sp³-hybridized carbons (Fsp3) is 0.0833. The van der Waals surface area contributed by atoms with E-state index >= 15 is 0 Å². The molecule has 0 spiro atoms. The number of aromatic carboxylic acids is 1. The van der Waals surface area contributed by atoms with Gasteiger partial charge >= 0.3 is 5.97 Å². The van der Waals surface area contributed by atoms with E-state index in [1.54, 1.807) is 18.2 Å². The molecule has 1 heterocycles. The van der Waals surface area contributed by atoms with Gasteiger partial charge in [-0.25, -0.2) is 14.8 Å². The summed E-state index contributed by atoms with van der Waals surface area (Å²) in [6.45, 7) is 0. The standard InChI is InChI=1S/C12H9ClN2O3S/c1-19(18)10-3-2-7(6-8(10)13)11-14-5-4-9(15-11)12(16)17/h2-6H,1H3,(H,16,17). The Labute approximate surface area is 117 Å². The molecule has 1 aromatic heterocycles. The lowest BCUT2D eigenvalue weighted by molar-refractivity contribution is 0.0690. The highest BCUT2D eigenvalue weighted by Crippen LogP contribution is 2.26. The van der Waals surface area contributed by atoms with Gasteiger partial charge in [0.15, 0.2) is 16.4 Å². The summed E-state index contributed by atoms with van der Waals surface area (Å²) in [5.41, 5.74) is 0.478. The van der Waals surface area contributed by atoms with E-state index in [1.807, 2.05) is 0 Å². The first-order chi connectivity index (χ1) is 8.99. The topological polar surface area (TPSA) is 86.1 Å². The third-order valence-electron chi connectivity index (χ3n) is 2.37. The molecule has 7 heteroatoms. The number of carboxylic acid groups (broad SMARTS) is 1. The molecule has 0 aliphatic carbocycles.